The van der Waals surface area contributed by atoms with E-state index >= 15 is 0 Å². The van der Waals surface area contributed by atoms with E-state index in [2.05, 4.69) is 28.9 Å². The van der Waals surface area contributed by atoms with E-state index in [4.69, 9.17) is 14.2 Å². The largest absolute Gasteiger partial charge is 0.494 e. The number of methoxy groups -OCH3 is 3. The zero-order chi connectivity index (χ0) is 15.9. The van der Waals surface area contributed by atoms with Crippen molar-refractivity contribution in [3.63, 3.8) is 0 Å². The van der Waals surface area contributed by atoms with E-state index in [0.29, 0.717) is 11.5 Å². The summed E-state index contributed by atoms with van der Waals surface area (Å²) in [6.07, 6.45) is 0.165. The fraction of sp³-hybridized carbons (Fsp3) is 0.500. The summed E-state index contributed by atoms with van der Waals surface area (Å²) in [5, 5.41) is 0.924. The number of benzene rings is 1. The van der Waals surface area contributed by atoms with Gasteiger partial charge in [0.05, 0.1) is 37.9 Å². The second kappa shape index (κ2) is 5.70. The number of nitrogens with one attached hydrogen (secondary N) is 1. The van der Waals surface area contributed by atoms with Crippen molar-refractivity contribution in [2.75, 3.05) is 48.5 Å². The number of hydrogen-bond donors (Lipinski definition) is 1. The van der Waals surface area contributed by atoms with Crippen LogP contribution in [0, 0.1) is 0 Å². The van der Waals surface area contributed by atoms with Gasteiger partial charge < -0.3 is 19.2 Å². The van der Waals surface area contributed by atoms with Gasteiger partial charge in [-0.15, -0.1) is 0 Å². The number of rotatable bonds is 4. The van der Waals surface area contributed by atoms with Crippen LogP contribution in [-0.4, -0.2) is 63.3 Å². The molecule has 120 valence electrons. The Bertz CT molecular complexity index is 673. The maximum Gasteiger partial charge on any atom is 0.173 e. The molecule has 0 atom stereocenters. The zero-order valence-corrected chi connectivity index (χ0v) is 13.8. The van der Waals surface area contributed by atoms with Gasteiger partial charge in [0, 0.05) is 13.1 Å². The minimum absolute atomic E-state index is 0.165. The molecular formula is C16H23N3O3. The summed E-state index contributed by atoms with van der Waals surface area (Å²) in [6, 6.07) is 3.90. The van der Waals surface area contributed by atoms with Gasteiger partial charge in [-0.3, -0.25) is 9.80 Å². The summed E-state index contributed by atoms with van der Waals surface area (Å²) in [6.45, 7) is 2.06. The summed E-state index contributed by atoms with van der Waals surface area (Å²) in [5.41, 5.74) is 2.03. The second-order valence-corrected chi connectivity index (χ2v) is 5.63. The van der Waals surface area contributed by atoms with Crippen LogP contribution in [0.3, 0.4) is 0 Å². The van der Waals surface area contributed by atoms with Gasteiger partial charge in [-0.1, -0.05) is 0 Å². The molecule has 6 nitrogen and oxygen atoms in total. The summed E-state index contributed by atoms with van der Waals surface area (Å²) in [5.74, 6) is 2.21. The molecule has 0 radical (unpaired) electrons. The first kappa shape index (κ1) is 15.0. The fourth-order valence-corrected chi connectivity index (χ4v) is 3.32. The molecule has 1 saturated heterocycles. The number of aromatic nitrogens is 1. The summed E-state index contributed by atoms with van der Waals surface area (Å²) in [7, 11) is 9.23. The number of nitrogens with zero attached hydrogens (tertiary/aromatic N) is 2. The predicted molar refractivity (Wildman–Crippen MR) is 86.0 cm³/mol. The fourth-order valence-electron chi connectivity index (χ4n) is 3.32. The van der Waals surface area contributed by atoms with Crippen molar-refractivity contribution in [2.24, 2.45) is 0 Å². The van der Waals surface area contributed by atoms with E-state index in [1.165, 1.54) is 0 Å². The third-order valence-corrected chi connectivity index (χ3v) is 4.39. The van der Waals surface area contributed by atoms with Crippen LogP contribution in [0.1, 0.15) is 11.9 Å². The molecule has 0 spiro atoms. The molecule has 0 saturated carbocycles. The van der Waals surface area contributed by atoms with Crippen molar-refractivity contribution >= 4 is 10.9 Å². The van der Waals surface area contributed by atoms with E-state index in [0.717, 1.165) is 35.4 Å². The molecule has 22 heavy (non-hydrogen) atoms. The van der Waals surface area contributed by atoms with Gasteiger partial charge >= 0.3 is 0 Å². The molecule has 2 heterocycles. The van der Waals surface area contributed by atoms with Crippen LogP contribution in [0.5, 0.6) is 17.2 Å². The molecule has 0 bridgehead atoms. The molecule has 1 aliphatic rings. The van der Waals surface area contributed by atoms with Crippen molar-refractivity contribution in [3.05, 3.63) is 17.8 Å². The lowest BCUT2D eigenvalue weighted by Crippen LogP contribution is -2.26. The van der Waals surface area contributed by atoms with Crippen LogP contribution in [0.2, 0.25) is 0 Å². The van der Waals surface area contributed by atoms with Crippen LogP contribution in [0.15, 0.2) is 12.1 Å². The second-order valence-electron chi connectivity index (χ2n) is 5.63. The molecular weight excluding hydrogens is 282 g/mol. The third-order valence-electron chi connectivity index (χ3n) is 4.39. The lowest BCUT2D eigenvalue weighted by molar-refractivity contribution is 0.181. The standard InChI is InChI=1S/C16H23N3O3/c1-18-8-9-19(2)16(18)13-15(22-5)12-10(17-13)6-7-11(20-3)14(12)21-4/h6-7,16-17H,8-9H2,1-5H3. The monoisotopic (exact) mass is 305 g/mol. The smallest absolute Gasteiger partial charge is 0.173 e. The average Bonchev–Trinajstić information content (AvgIpc) is 3.05. The highest BCUT2D eigenvalue weighted by Gasteiger charge is 2.33. The first-order valence-electron chi connectivity index (χ1n) is 7.33. The Morgan fingerprint density at radius 1 is 0.955 bits per heavy atom. The normalized spacial score (nSPS) is 17.3. The highest BCUT2D eigenvalue weighted by atomic mass is 16.5. The van der Waals surface area contributed by atoms with Crippen molar-refractivity contribution in [1.82, 2.24) is 14.8 Å². The number of ether oxygens (including phenoxy) is 3. The number of likely N-dealkylation sites (N-methyl/N-ethyl adjacent to an activating group) is 2. The van der Waals surface area contributed by atoms with Gasteiger partial charge in [0.15, 0.2) is 17.2 Å². The highest BCUT2D eigenvalue weighted by molar-refractivity contribution is 5.95. The van der Waals surface area contributed by atoms with Crippen LogP contribution in [0.4, 0.5) is 0 Å². The Morgan fingerprint density at radius 2 is 1.59 bits per heavy atom. The topological polar surface area (TPSA) is 50.0 Å². The molecule has 0 aliphatic carbocycles. The van der Waals surface area contributed by atoms with Crippen LogP contribution < -0.4 is 14.2 Å². The Morgan fingerprint density at radius 3 is 2.14 bits per heavy atom. The third kappa shape index (κ3) is 2.10. The van der Waals surface area contributed by atoms with Crippen molar-refractivity contribution in [3.8, 4) is 17.2 Å². The van der Waals surface area contributed by atoms with E-state index in [-0.39, 0.29) is 6.17 Å². The van der Waals surface area contributed by atoms with Gasteiger partial charge in [-0.05, 0) is 26.2 Å². The van der Waals surface area contributed by atoms with Crippen molar-refractivity contribution in [2.45, 2.75) is 6.17 Å². The molecule has 3 rings (SSSR count). The Balaban J connectivity index is 2.24. The van der Waals surface area contributed by atoms with Gasteiger partial charge in [0.2, 0.25) is 0 Å². The Hall–Kier alpha value is -1.92. The van der Waals surface area contributed by atoms with Crippen LogP contribution in [0.25, 0.3) is 10.9 Å². The Kier molecular flexibility index (Phi) is 3.88. The number of H-pyrrole nitrogens is 1. The van der Waals surface area contributed by atoms with Crippen LogP contribution in [-0.2, 0) is 0 Å². The Labute approximate surface area is 130 Å². The molecule has 6 heteroatoms. The first-order valence-corrected chi connectivity index (χ1v) is 7.33. The summed E-state index contributed by atoms with van der Waals surface area (Å²) >= 11 is 0. The average molecular weight is 305 g/mol. The van der Waals surface area contributed by atoms with Crippen molar-refractivity contribution in [1.29, 1.82) is 0 Å². The van der Waals surface area contributed by atoms with Gasteiger partial charge in [-0.25, -0.2) is 0 Å². The number of aromatic amines is 1. The first-order chi connectivity index (χ1) is 10.6. The zero-order valence-electron chi connectivity index (χ0n) is 13.8. The minimum Gasteiger partial charge on any atom is -0.494 e. The molecule has 0 amide bonds. The summed E-state index contributed by atoms with van der Waals surface area (Å²) < 4.78 is 16.7. The lowest BCUT2D eigenvalue weighted by atomic mass is 10.2. The molecule has 1 fully saturated rings. The number of hydrogen-bond acceptors (Lipinski definition) is 5. The quantitative estimate of drug-likeness (QED) is 0.937. The van der Waals surface area contributed by atoms with E-state index < -0.39 is 0 Å². The van der Waals surface area contributed by atoms with E-state index in [1.807, 2.05) is 12.1 Å². The SMILES string of the molecule is COc1ccc2[nH]c(C3N(C)CCN3C)c(OC)c2c1OC. The molecule has 1 aromatic heterocycles. The molecule has 0 unspecified atom stereocenters. The minimum atomic E-state index is 0.165. The number of fused-ring (bicyclic) bond motifs is 1. The van der Waals surface area contributed by atoms with E-state index in [9.17, 15) is 0 Å². The van der Waals surface area contributed by atoms with Gasteiger partial charge in [-0.2, -0.15) is 0 Å². The van der Waals surface area contributed by atoms with Crippen molar-refractivity contribution < 1.29 is 14.2 Å². The molecule has 2 aromatic rings. The van der Waals surface area contributed by atoms with Gasteiger partial charge in [0.25, 0.3) is 0 Å². The maximum atomic E-state index is 5.73. The van der Waals surface area contributed by atoms with Gasteiger partial charge in [0.1, 0.15) is 6.17 Å². The highest BCUT2D eigenvalue weighted by Crippen LogP contribution is 2.45. The maximum absolute atomic E-state index is 5.73. The predicted octanol–water partition coefficient (Wildman–Crippen LogP) is 2.07. The molecule has 1 aliphatic heterocycles. The lowest BCUT2D eigenvalue weighted by Gasteiger charge is -2.24. The van der Waals surface area contributed by atoms with Crippen LogP contribution >= 0.6 is 0 Å². The summed E-state index contributed by atoms with van der Waals surface area (Å²) in [4.78, 5) is 8.11. The molecule has 1 aromatic carbocycles. The van der Waals surface area contributed by atoms with E-state index in [1.54, 1.807) is 21.3 Å². The molecule has 1 N–H and O–H groups in total.